The van der Waals surface area contributed by atoms with Gasteiger partial charge in [0, 0.05) is 19.4 Å². The highest BCUT2D eigenvalue weighted by atomic mass is 31.2. The fourth-order valence-corrected chi connectivity index (χ4v) is 8.82. The zero-order chi connectivity index (χ0) is 55.9. The zero-order valence-electron chi connectivity index (χ0n) is 48.9. The maximum Gasteiger partial charge on any atom is 0.472 e. The smallest absolute Gasteiger partial charge is 0.462 e. The van der Waals surface area contributed by atoms with Crippen molar-refractivity contribution in [2.45, 2.75) is 251 Å². The highest BCUT2D eigenvalue weighted by Crippen LogP contribution is 2.43. The van der Waals surface area contributed by atoms with E-state index in [0.29, 0.717) is 6.42 Å². The third-order valence-corrected chi connectivity index (χ3v) is 13.5. The minimum Gasteiger partial charge on any atom is -0.462 e. The van der Waals surface area contributed by atoms with E-state index in [0.717, 1.165) is 122 Å². The highest BCUT2D eigenvalue weighted by Gasteiger charge is 2.26. The maximum absolute atomic E-state index is 12.7. The molecular formula is C67H112NO8P. The first-order chi connectivity index (χ1) is 37.8. The van der Waals surface area contributed by atoms with E-state index in [4.69, 9.17) is 24.3 Å². The number of nitrogens with two attached hydrogens (primary N) is 1. The summed E-state index contributed by atoms with van der Waals surface area (Å²) < 4.78 is 33.0. The van der Waals surface area contributed by atoms with E-state index >= 15 is 0 Å². The molecule has 2 unspecified atom stereocenters. The summed E-state index contributed by atoms with van der Waals surface area (Å²) in [5.74, 6) is -0.852. The van der Waals surface area contributed by atoms with Gasteiger partial charge in [-0.05, 0) is 96.3 Å². The summed E-state index contributed by atoms with van der Waals surface area (Å²) in [5, 5.41) is 0. The van der Waals surface area contributed by atoms with Crippen molar-refractivity contribution in [2.24, 2.45) is 5.73 Å². The molecule has 0 bridgehead atoms. The molecule has 0 saturated heterocycles. The Morgan fingerprint density at radius 3 is 1.06 bits per heavy atom. The number of phosphoric ester groups is 1. The van der Waals surface area contributed by atoms with Crippen molar-refractivity contribution in [3.8, 4) is 0 Å². The van der Waals surface area contributed by atoms with Gasteiger partial charge in [0.15, 0.2) is 6.10 Å². The molecule has 10 heteroatoms. The van der Waals surface area contributed by atoms with Gasteiger partial charge in [0.05, 0.1) is 13.2 Å². The van der Waals surface area contributed by atoms with Crippen LogP contribution in [0.3, 0.4) is 0 Å². The van der Waals surface area contributed by atoms with Gasteiger partial charge >= 0.3 is 19.8 Å². The molecule has 0 fully saturated rings. The van der Waals surface area contributed by atoms with E-state index in [1.807, 2.05) is 0 Å². The van der Waals surface area contributed by atoms with Crippen molar-refractivity contribution in [2.75, 3.05) is 26.4 Å². The average molecular weight is 1090 g/mol. The molecule has 0 aliphatic carbocycles. The van der Waals surface area contributed by atoms with E-state index in [1.54, 1.807) is 0 Å². The number of hydrogen-bond acceptors (Lipinski definition) is 8. The Morgan fingerprint density at radius 2 is 0.714 bits per heavy atom. The monoisotopic (exact) mass is 1090 g/mol. The van der Waals surface area contributed by atoms with Crippen LogP contribution in [0.5, 0.6) is 0 Å². The summed E-state index contributed by atoms with van der Waals surface area (Å²) in [7, 11) is -4.40. The highest BCUT2D eigenvalue weighted by molar-refractivity contribution is 7.47. The third kappa shape index (κ3) is 61.2. The Balaban J connectivity index is 4.04. The number of esters is 2. The third-order valence-electron chi connectivity index (χ3n) is 12.6. The topological polar surface area (TPSA) is 134 Å². The van der Waals surface area contributed by atoms with E-state index in [2.05, 4.69) is 148 Å². The van der Waals surface area contributed by atoms with Gasteiger partial charge in [-0.15, -0.1) is 0 Å². The lowest BCUT2D eigenvalue weighted by molar-refractivity contribution is -0.161. The van der Waals surface area contributed by atoms with Gasteiger partial charge in [0.1, 0.15) is 6.61 Å². The van der Waals surface area contributed by atoms with Crippen LogP contribution >= 0.6 is 7.82 Å². The molecule has 2 atom stereocenters. The molecular weight excluding hydrogens is 978 g/mol. The molecule has 77 heavy (non-hydrogen) atoms. The van der Waals surface area contributed by atoms with Crippen LogP contribution in [0.25, 0.3) is 0 Å². The van der Waals surface area contributed by atoms with E-state index in [9.17, 15) is 19.0 Å². The van der Waals surface area contributed by atoms with Gasteiger partial charge in [0.25, 0.3) is 0 Å². The molecule has 0 heterocycles. The van der Waals surface area contributed by atoms with Crippen LogP contribution in [0.15, 0.2) is 134 Å². The molecule has 9 nitrogen and oxygen atoms in total. The standard InChI is InChI=1S/C67H112NO8P/c1-3-5-7-9-11-13-15-17-19-21-22-23-24-25-26-27-28-29-30-31-32-33-34-35-36-37-38-39-40-41-42-44-46-48-50-52-54-56-58-60-67(70)76-65(64-75-77(71,72)74-62-61-68)63-73-66(69)59-57-55-53-51-49-47-45-43-20-18-16-14-12-10-8-6-4-2/h5,7,11,13,17,19,22-23,25-26,28-29,31-32,34-35,37-38,40-41,44,46,65H,3-4,6,8-10,12,14-16,18,20-21,24,27,30,33,36,39,42-43,45,47-64,68H2,1-2H3,(H,71,72)/b7-5-,13-11-,19-17-,23-22-,26-25-,29-28-,32-31-,35-34-,38-37-,41-40-,46-44-. The zero-order valence-corrected chi connectivity index (χ0v) is 49.8. The maximum atomic E-state index is 12.7. The number of rotatable bonds is 56. The van der Waals surface area contributed by atoms with Crippen molar-refractivity contribution >= 4 is 19.8 Å². The van der Waals surface area contributed by atoms with Crippen LogP contribution in [0.1, 0.15) is 245 Å². The number of ether oxygens (including phenoxy) is 2. The lowest BCUT2D eigenvalue weighted by Gasteiger charge is -2.19. The molecule has 0 rings (SSSR count). The Labute approximate surface area is 472 Å². The van der Waals surface area contributed by atoms with Crippen LogP contribution in [0.4, 0.5) is 0 Å². The van der Waals surface area contributed by atoms with Gasteiger partial charge in [-0.2, -0.15) is 0 Å². The summed E-state index contributed by atoms with van der Waals surface area (Å²) in [4.78, 5) is 35.2. The van der Waals surface area contributed by atoms with Crippen molar-refractivity contribution < 1.29 is 37.6 Å². The summed E-state index contributed by atoms with van der Waals surface area (Å²) in [6.07, 6.45) is 86.6. The SMILES string of the molecule is CC/C=C\C/C=C\C/C=C\C/C=C\C/C=C\C/C=C\C/C=C\C/C=C\C/C=C\C/C=C\C/C=C\CCCCCCCC(=O)OC(COC(=O)CCCCCCCCCCCCCCCCCCC)COP(=O)(O)OCCN. The average Bonchev–Trinajstić information content (AvgIpc) is 3.42. The second-order valence-electron chi connectivity index (χ2n) is 19.8. The first kappa shape index (κ1) is 73.2. The molecule has 0 aromatic carbocycles. The first-order valence-electron chi connectivity index (χ1n) is 30.7. The summed E-state index contributed by atoms with van der Waals surface area (Å²) in [6.45, 7) is 3.61. The molecule has 0 aliphatic heterocycles. The molecule has 0 radical (unpaired) electrons. The Bertz CT molecular complexity index is 1720. The van der Waals surface area contributed by atoms with Gasteiger partial charge in [0.2, 0.25) is 0 Å². The van der Waals surface area contributed by atoms with Crippen LogP contribution in [-0.2, 0) is 32.7 Å². The number of allylic oxidation sites excluding steroid dienone is 22. The number of carbonyl (C=O) groups excluding carboxylic acids is 2. The van der Waals surface area contributed by atoms with Crippen molar-refractivity contribution in [1.29, 1.82) is 0 Å². The molecule has 0 spiro atoms. The van der Waals surface area contributed by atoms with Gasteiger partial charge < -0.3 is 20.1 Å². The van der Waals surface area contributed by atoms with Gasteiger partial charge in [-0.25, -0.2) is 4.57 Å². The van der Waals surface area contributed by atoms with Crippen molar-refractivity contribution in [3.63, 3.8) is 0 Å². The van der Waals surface area contributed by atoms with Crippen LogP contribution in [0, 0.1) is 0 Å². The number of unbranched alkanes of at least 4 members (excludes halogenated alkanes) is 21. The lowest BCUT2D eigenvalue weighted by atomic mass is 10.0. The van der Waals surface area contributed by atoms with Crippen LogP contribution in [0.2, 0.25) is 0 Å². The Hall–Kier alpha value is -3.85. The minimum atomic E-state index is -4.40. The second kappa shape index (κ2) is 61.4. The molecule has 0 aromatic heterocycles. The summed E-state index contributed by atoms with van der Waals surface area (Å²) in [6, 6.07) is 0. The van der Waals surface area contributed by atoms with Crippen LogP contribution in [-0.4, -0.2) is 49.3 Å². The van der Waals surface area contributed by atoms with Crippen LogP contribution < -0.4 is 5.73 Å². The summed E-state index contributed by atoms with van der Waals surface area (Å²) in [5.41, 5.74) is 5.38. The number of hydrogen-bond donors (Lipinski definition) is 2. The number of carbonyl (C=O) groups is 2. The lowest BCUT2D eigenvalue weighted by Crippen LogP contribution is -2.29. The Morgan fingerprint density at radius 1 is 0.403 bits per heavy atom. The fraction of sp³-hybridized carbons (Fsp3) is 0.642. The predicted molar refractivity (Wildman–Crippen MR) is 330 cm³/mol. The van der Waals surface area contributed by atoms with E-state index in [-0.39, 0.29) is 38.6 Å². The van der Waals surface area contributed by atoms with E-state index < -0.39 is 26.5 Å². The molecule has 3 N–H and O–H groups in total. The first-order valence-corrected chi connectivity index (χ1v) is 32.2. The Kier molecular flexibility index (Phi) is 58.3. The fourth-order valence-electron chi connectivity index (χ4n) is 8.05. The second-order valence-corrected chi connectivity index (χ2v) is 21.3. The predicted octanol–water partition coefficient (Wildman–Crippen LogP) is 19.7. The molecule has 0 aromatic rings. The summed E-state index contributed by atoms with van der Waals surface area (Å²) >= 11 is 0. The van der Waals surface area contributed by atoms with Crippen molar-refractivity contribution in [3.05, 3.63) is 134 Å². The molecule has 0 saturated carbocycles. The van der Waals surface area contributed by atoms with Crippen molar-refractivity contribution in [1.82, 2.24) is 0 Å². The molecule has 438 valence electrons. The van der Waals surface area contributed by atoms with Gasteiger partial charge in [-0.1, -0.05) is 270 Å². The minimum absolute atomic E-state index is 0.0447. The quantitative estimate of drug-likeness (QED) is 0.0264. The largest absolute Gasteiger partial charge is 0.472 e. The normalized spacial score (nSPS) is 14.0. The number of phosphoric acid groups is 1. The van der Waals surface area contributed by atoms with Gasteiger partial charge in [-0.3, -0.25) is 18.6 Å². The molecule has 0 amide bonds. The van der Waals surface area contributed by atoms with E-state index in [1.165, 1.54) is 89.9 Å². The molecule has 0 aliphatic rings.